The summed E-state index contributed by atoms with van der Waals surface area (Å²) in [7, 11) is 1.70. The average molecular weight is 1630 g/mol. The molecule has 2 aromatic heterocycles. The van der Waals surface area contributed by atoms with Crippen molar-refractivity contribution in [3.8, 4) is 0 Å². The Morgan fingerprint density at radius 2 is 1.25 bits per heavy atom. The number of guanidine groups is 1. The van der Waals surface area contributed by atoms with Crippen LogP contribution in [0.3, 0.4) is 0 Å². The molecule has 1 aliphatic heterocycles. The van der Waals surface area contributed by atoms with Crippen molar-refractivity contribution in [2.45, 2.75) is 185 Å². The van der Waals surface area contributed by atoms with Gasteiger partial charge in [0.1, 0.15) is 73.0 Å². The van der Waals surface area contributed by atoms with E-state index < -0.39 is 222 Å². The maximum absolute atomic E-state index is 12.7. The van der Waals surface area contributed by atoms with Gasteiger partial charge in [0.25, 0.3) is 0 Å². The van der Waals surface area contributed by atoms with Crippen molar-refractivity contribution in [1.82, 2.24) is 20.3 Å². The van der Waals surface area contributed by atoms with E-state index in [1.807, 2.05) is 18.2 Å². The Bertz CT molecular complexity index is 4510. The molecule has 0 fully saturated rings. The second-order valence-electron chi connectivity index (χ2n) is 27.0. The highest BCUT2D eigenvalue weighted by Crippen LogP contribution is 2.29. The van der Waals surface area contributed by atoms with E-state index >= 15 is 0 Å². The van der Waals surface area contributed by atoms with Gasteiger partial charge in [0.2, 0.25) is 70.8 Å². The molecule has 1 aliphatic rings. The number of carboxylic acids is 2. The molecule has 39 nitrogen and oxygen atoms in total. The first-order valence-electron chi connectivity index (χ1n) is 36.1. The molecule has 0 aliphatic carbocycles. The minimum atomic E-state index is -2.03. The Hall–Kier alpha value is -11.9. The van der Waals surface area contributed by atoms with Crippen LogP contribution in [0.2, 0.25) is 0 Å². The number of carbonyl (C=O) groups is 2. The SMILES string of the molecule is CC[C@H](C)[C@H](N=C(C)O)C(O)=N[C@H]1CSSC[C@@H](C(O)=N[C@H](C(=O)O)[C@@H](C)O)N=C(O)[C@H](CCCNC(=N)N)N=C(O)[C@@H](Cc2cnc[nH]2)N=C(O)[C@H](C)N=C(O)CN=C(O)[C@H](Cc2c[nH]c3ccccc23)N=C(O)[C@@H](CC(=O)O)N=C(O)[C@H](CCC(=N)O)N=C(O)[C@H](Cc2ccc3ccccc3c2)N=C(O)[C@H](C(C)C)N=C1O. The number of hydrogen-bond acceptors (Lipinski definition) is 21. The van der Waals surface area contributed by atoms with Crippen molar-refractivity contribution in [3.05, 3.63) is 102 Å². The van der Waals surface area contributed by atoms with Crippen LogP contribution in [0.1, 0.15) is 104 Å². The van der Waals surface area contributed by atoms with Gasteiger partial charge in [-0.2, -0.15) is 0 Å². The van der Waals surface area contributed by atoms with E-state index in [0.717, 1.165) is 39.3 Å². The van der Waals surface area contributed by atoms with E-state index in [9.17, 15) is 96.4 Å². The molecule has 24 N–H and O–H groups in total. The van der Waals surface area contributed by atoms with Gasteiger partial charge < -0.3 is 108 Å². The number of H-pyrrole nitrogens is 2. The fourth-order valence-corrected chi connectivity index (χ4v) is 13.5. The third kappa shape index (κ3) is 28.7. The second kappa shape index (κ2) is 44.4. The summed E-state index contributed by atoms with van der Waals surface area (Å²) < 4.78 is 0. The summed E-state index contributed by atoms with van der Waals surface area (Å²) in [6.45, 7) is 9.35. The number of aliphatic imine (C=N–C) groups is 13. The summed E-state index contributed by atoms with van der Waals surface area (Å²) in [6.07, 6.45) is -0.443. The van der Waals surface area contributed by atoms with Crippen LogP contribution in [-0.2, 0) is 28.9 Å². The summed E-state index contributed by atoms with van der Waals surface area (Å²) in [5.41, 5.74) is 7.44. The number of aliphatic hydroxyl groups is 15. The van der Waals surface area contributed by atoms with E-state index in [1.54, 1.807) is 82.4 Å². The number of aromatic amines is 2. The Kier molecular flexibility index (Phi) is 35.4. The zero-order chi connectivity index (χ0) is 84.0. The molecule has 0 radical (unpaired) electrons. The number of nitrogens with one attached hydrogen (secondary N) is 5. The first-order valence-corrected chi connectivity index (χ1v) is 38.6. The Morgan fingerprint density at radius 3 is 1.88 bits per heavy atom. The predicted molar refractivity (Wildman–Crippen MR) is 444 cm³/mol. The Balaban J connectivity index is 1.65. The van der Waals surface area contributed by atoms with Crippen LogP contribution in [0.25, 0.3) is 21.7 Å². The lowest BCUT2D eigenvalue weighted by Crippen LogP contribution is -2.35. The lowest BCUT2D eigenvalue weighted by Gasteiger charge is -2.22. The number of imidazole rings is 1. The van der Waals surface area contributed by atoms with Crippen LogP contribution in [0.5, 0.6) is 0 Å². The van der Waals surface area contributed by atoms with E-state index in [0.29, 0.717) is 34.1 Å². The highest BCUT2D eigenvalue weighted by molar-refractivity contribution is 8.76. The molecule has 6 rings (SSSR count). The van der Waals surface area contributed by atoms with E-state index in [1.165, 1.54) is 26.4 Å². The van der Waals surface area contributed by atoms with Crippen molar-refractivity contribution in [1.29, 1.82) is 10.8 Å². The van der Waals surface area contributed by atoms with Crippen LogP contribution >= 0.6 is 21.6 Å². The lowest BCUT2D eigenvalue weighted by molar-refractivity contribution is -0.141. The molecule has 0 amide bonds. The number of fused-ring (bicyclic) bond motifs is 2. The number of nitrogens with two attached hydrogens (primary N) is 1. The van der Waals surface area contributed by atoms with Gasteiger partial charge in [0.05, 0.1) is 18.9 Å². The van der Waals surface area contributed by atoms with E-state index in [-0.39, 0.29) is 44.4 Å². The largest absolute Gasteiger partial charge is 0.497 e. The molecule has 3 heterocycles. The molecule has 114 heavy (non-hydrogen) atoms. The number of nitrogens with zero attached hydrogens (tertiary/aromatic N) is 14. The van der Waals surface area contributed by atoms with Crippen molar-refractivity contribution in [2.75, 3.05) is 24.6 Å². The molecule has 0 bridgehead atoms. The van der Waals surface area contributed by atoms with Crippen LogP contribution in [0.4, 0.5) is 0 Å². The van der Waals surface area contributed by atoms with Gasteiger partial charge in [-0.1, -0.05) is 116 Å². The lowest BCUT2D eigenvalue weighted by atomic mass is 9.99. The molecule has 0 unspecified atom stereocenters. The molecule has 41 heteroatoms. The van der Waals surface area contributed by atoms with Crippen LogP contribution in [0, 0.1) is 22.7 Å². The minimum Gasteiger partial charge on any atom is -0.497 e. The van der Waals surface area contributed by atoms with E-state index in [4.69, 9.17) is 16.6 Å². The summed E-state index contributed by atoms with van der Waals surface area (Å²) in [5.74, 6) is -18.4. The number of para-hydroxylation sites is 1. The van der Waals surface area contributed by atoms with Gasteiger partial charge in [-0.15, -0.1) is 0 Å². The molecule has 3 aromatic carbocycles. The molecule has 618 valence electrons. The molecule has 0 spiro atoms. The Labute approximate surface area is 662 Å². The van der Waals surface area contributed by atoms with Crippen LogP contribution < -0.4 is 11.1 Å². The van der Waals surface area contributed by atoms with Crippen LogP contribution in [0.15, 0.2) is 150 Å². The van der Waals surface area contributed by atoms with Crippen LogP contribution in [-0.4, -0.2) is 305 Å². The number of carboxylic acid groups (broad SMARTS) is 2. The zero-order valence-electron chi connectivity index (χ0n) is 63.5. The highest BCUT2D eigenvalue weighted by atomic mass is 33.1. The van der Waals surface area contributed by atoms with Gasteiger partial charge in [0, 0.05) is 79.6 Å². The molecular formula is C73H100N20O19S2. The maximum Gasteiger partial charge on any atom is 0.331 e. The first kappa shape index (κ1) is 91.0. The topological polar surface area (TPSA) is 669 Å². The molecule has 5 aromatic rings. The second-order valence-corrected chi connectivity index (χ2v) is 29.5. The number of rotatable bonds is 25. The van der Waals surface area contributed by atoms with E-state index in [2.05, 4.69) is 85.2 Å². The highest BCUT2D eigenvalue weighted by Gasteiger charge is 2.34. The summed E-state index contributed by atoms with van der Waals surface area (Å²) in [4.78, 5) is 90.4. The Morgan fingerprint density at radius 1 is 0.649 bits per heavy atom. The minimum absolute atomic E-state index is 0.0197. The van der Waals surface area contributed by atoms with Gasteiger partial charge in [-0.05, 0) is 72.9 Å². The first-order chi connectivity index (χ1) is 54.0. The maximum atomic E-state index is 12.7. The average Bonchev–Trinajstić information content (AvgIpc) is 1.46. The van der Waals surface area contributed by atoms with Gasteiger partial charge >= 0.3 is 11.9 Å². The van der Waals surface area contributed by atoms with Gasteiger partial charge in [-0.25, -0.2) is 74.7 Å². The standard InChI is InChI=1S/C73H100N20O19S2/c1-8-36(4)59(83-39(7)95)71(110)91-54-33-114-113-32-53(69(108)93-60(38(6)94)72(111)112)90-63(102)47(18-13-23-78-73(75)76)84-66(105)51(27-44-30-77-34-81-44)86-61(100)37(5)82-56(97)31-80-62(101)50(26-43-29-79-46-17-12-11-16-45(43)46)87-67(106)52(28-57(98)99)88-64(103)48(21-22-55(74)96)85-65(104)49(89-70(109)58(35(2)3)92-68(54)107)25-40-19-20-41-14-9-10-15-42(41)24-40/h9-12,14-17,19-20,24,29-30,34-38,47-54,58-60,79,94H,8,13,18,21-23,25-28,31-33H2,1-7H3,(H2,74,96)(H,77,81)(H,80,101)(H,82,97)(H,83,95)(H,84,105)(H,85,104)(H,86,100)(H,87,106)(H,88,103)(H,89,109)(H,90,102)(H,91,110)(H,92,107)(H,93,108)(H,98,99)(H,111,112)(H4,75,76,78)/t36-,37-,38+,47-,48-,49-,50-,51+,52+,53-,54-,58-,59-,60-/m0/s1. The summed E-state index contributed by atoms with van der Waals surface area (Å²) in [5, 5.41) is 215. The van der Waals surface area contributed by atoms with Crippen molar-refractivity contribution >= 4 is 144 Å². The normalized spacial score (nSPS) is 23.2. The van der Waals surface area contributed by atoms with Crippen molar-refractivity contribution in [2.24, 2.45) is 82.5 Å². The molecule has 0 saturated carbocycles. The number of hydrogen-bond donors (Lipinski definition) is 23. The third-order valence-electron chi connectivity index (χ3n) is 17.5. The fraction of sp³-hybridized carbons (Fsp3) is 0.479. The third-order valence-corrected chi connectivity index (χ3v) is 19.9. The smallest absolute Gasteiger partial charge is 0.331 e. The zero-order valence-corrected chi connectivity index (χ0v) is 65.1. The van der Waals surface area contributed by atoms with Gasteiger partial charge in [0.15, 0.2) is 23.8 Å². The van der Waals surface area contributed by atoms with Crippen molar-refractivity contribution < 1.29 is 96.4 Å². The molecular weight excluding hydrogens is 1530 g/mol. The number of aliphatic hydroxyl groups excluding tert-OH is 15. The summed E-state index contributed by atoms with van der Waals surface area (Å²) in [6, 6.07) is -0.627. The quantitative estimate of drug-likeness (QED) is 0.0112. The fourth-order valence-electron chi connectivity index (χ4n) is 11.2. The predicted octanol–water partition coefficient (Wildman–Crippen LogP) is 8.59. The summed E-state index contributed by atoms with van der Waals surface area (Å²) >= 11 is 0. The number of aliphatic carboxylic acids is 2. The molecule has 14 atom stereocenters. The molecule has 0 saturated heterocycles. The number of aromatic nitrogens is 3. The van der Waals surface area contributed by atoms with Crippen molar-refractivity contribution in [3.63, 3.8) is 0 Å². The van der Waals surface area contributed by atoms with Gasteiger partial charge in [-0.3, -0.25) is 15.6 Å². The number of benzene rings is 3. The monoisotopic (exact) mass is 1620 g/mol.